The Balaban J connectivity index is 4.08. The molecule has 0 aliphatic heterocycles. The highest BCUT2D eigenvalue weighted by Gasteiger charge is 2.12. The number of hydrogen-bond acceptors (Lipinski definition) is 3. The van der Waals surface area contributed by atoms with Crippen LogP contribution in [0.25, 0.3) is 0 Å². The Bertz CT molecular complexity index is 353. The van der Waals surface area contributed by atoms with Gasteiger partial charge in [-0.05, 0) is 18.8 Å². The van der Waals surface area contributed by atoms with Crippen LogP contribution in [0.1, 0.15) is 47.0 Å². The Morgan fingerprint density at radius 2 is 1.89 bits per heavy atom. The van der Waals surface area contributed by atoms with Crippen molar-refractivity contribution in [2.24, 2.45) is 5.92 Å². The zero-order valence-electron chi connectivity index (χ0n) is 12.6. The van der Waals surface area contributed by atoms with E-state index >= 15 is 0 Å². The molecule has 0 saturated carbocycles. The molecule has 6 heteroatoms. The van der Waals surface area contributed by atoms with E-state index in [9.17, 15) is 13.2 Å². The molecule has 0 unspecified atom stereocenters. The number of rotatable bonds is 10. The first-order valence-electron chi connectivity index (χ1n) is 7.01. The quantitative estimate of drug-likeness (QED) is 0.665. The molecule has 0 aliphatic rings. The van der Waals surface area contributed by atoms with Gasteiger partial charge in [-0.15, -0.1) is 0 Å². The molecule has 0 aromatic rings. The molecular formula is C13H28N2O3S. The van der Waals surface area contributed by atoms with Crippen LogP contribution in [0, 0.1) is 5.92 Å². The maximum atomic E-state index is 11.6. The molecule has 0 heterocycles. The SMILES string of the molecule is CCCCS(=O)(=O)NCCN(CCC(C)C)C(C)=O. The summed E-state index contributed by atoms with van der Waals surface area (Å²) in [6, 6.07) is 0. The third-order valence-electron chi connectivity index (χ3n) is 2.89. The second-order valence-corrected chi connectivity index (χ2v) is 7.18. The first-order chi connectivity index (χ1) is 8.78. The van der Waals surface area contributed by atoms with Gasteiger partial charge in [-0.2, -0.15) is 0 Å². The van der Waals surface area contributed by atoms with Crippen LogP contribution in [0.5, 0.6) is 0 Å². The lowest BCUT2D eigenvalue weighted by Crippen LogP contribution is -2.38. The highest BCUT2D eigenvalue weighted by Crippen LogP contribution is 2.02. The summed E-state index contributed by atoms with van der Waals surface area (Å²) < 4.78 is 25.7. The van der Waals surface area contributed by atoms with Crippen LogP contribution in [0.2, 0.25) is 0 Å². The lowest BCUT2D eigenvalue weighted by molar-refractivity contribution is -0.128. The van der Waals surface area contributed by atoms with Crippen LogP contribution < -0.4 is 4.72 Å². The number of nitrogens with zero attached hydrogens (tertiary/aromatic N) is 1. The van der Waals surface area contributed by atoms with Crippen molar-refractivity contribution in [3.8, 4) is 0 Å². The van der Waals surface area contributed by atoms with Gasteiger partial charge in [-0.25, -0.2) is 13.1 Å². The van der Waals surface area contributed by atoms with Crippen molar-refractivity contribution in [3.05, 3.63) is 0 Å². The van der Waals surface area contributed by atoms with Gasteiger partial charge in [-0.3, -0.25) is 4.79 Å². The lowest BCUT2D eigenvalue weighted by Gasteiger charge is -2.22. The summed E-state index contributed by atoms with van der Waals surface area (Å²) in [5.74, 6) is 0.687. The van der Waals surface area contributed by atoms with E-state index in [-0.39, 0.29) is 11.7 Å². The Kier molecular flexibility index (Phi) is 9.01. The first-order valence-corrected chi connectivity index (χ1v) is 8.66. The summed E-state index contributed by atoms with van der Waals surface area (Å²) in [6.07, 6.45) is 2.45. The largest absolute Gasteiger partial charge is 0.342 e. The molecule has 0 atom stereocenters. The summed E-state index contributed by atoms with van der Waals surface area (Å²) in [4.78, 5) is 13.1. The Morgan fingerprint density at radius 1 is 1.26 bits per heavy atom. The molecule has 0 saturated heterocycles. The van der Waals surface area contributed by atoms with E-state index in [0.29, 0.717) is 32.0 Å². The number of unbranched alkanes of at least 4 members (excludes halogenated alkanes) is 1. The fraction of sp³-hybridized carbons (Fsp3) is 0.923. The topological polar surface area (TPSA) is 66.5 Å². The predicted octanol–water partition coefficient (Wildman–Crippen LogP) is 1.60. The van der Waals surface area contributed by atoms with E-state index in [1.807, 2.05) is 6.92 Å². The molecule has 114 valence electrons. The van der Waals surface area contributed by atoms with Crippen molar-refractivity contribution in [1.82, 2.24) is 9.62 Å². The van der Waals surface area contributed by atoms with Gasteiger partial charge in [-0.1, -0.05) is 27.2 Å². The second kappa shape index (κ2) is 9.31. The molecule has 1 amide bonds. The van der Waals surface area contributed by atoms with Gasteiger partial charge in [0.1, 0.15) is 0 Å². The summed E-state index contributed by atoms with van der Waals surface area (Å²) in [7, 11) is -3.18. The Morgan fingerprint density at radius 3 is 2.37 bits per heavy atom. The van der Waals surface area contributed by atoms with E-state index in [1.165, 1.54) is 6.92 Å². The molecule has 0 aliphatic carbocycles. The molecule has 0 aromatic carbocycles. The van der Waals surface area contributed by atoms with Gasteiger partial charge in [0.2, 0.25) is 15.9 Å². The molecule has 0 radical (unpaired) electrons. The normalized spacial score (nSPS) is 11.8. The maximum Gasteiger partial charge on any atom is 0.219 e. The molecule has 0 bridgehead atoms. The number of amides is 1. The van der Waals surface area contributed by atoms with Gasteiger partial charge in [0, 0.05) is 26.6 Å². The van der Waals surface area contributed by atoms with Crippen LogP contribution in [0.3, 0.4) is 0 Å². The summed E-state index contributed by atoms with van der Waals surface area (Å²) >= 11 is 0. The molecule has 0 fully saturated rings. The molecule has 1 N–H and O–H groups in total. The fourth-order valence-corrected chi connectivity index (χ4v) is 2.80. The van der Waals surface area contributed by atoms with Crippen LogP contribution in [0.4, 0.5) is 0 Å². The monoisotopic (exact) mass is 292 g/mol. The Labute approximate surface area is 117 Å². The lowest BCUT2D eigenvalue weighted by atomic mass is 10.1. The summed E-state index contributed by atoms with van der Waals surface area (Å²) in [6.45, 7) is 9.10. The first kappa shape index (κ1) is 18.4. The third kappa shape index (κ3) is 9.90. The molecular weight excluding hydrogens is 264 g/mol. The van der Waals surface area contributed by atoms with E-state index in [0.717, 1.165) is 12.8 Å². The smallest absolute Gasteiger partial charge is 0.219 e. The summed E-state index contributed by atoms with van der Waals surface area (Å²) in [5, 5.41) is 0. The highest BCUT2D eigenvalue weighted by molar-refractivity contribution is 7.89. The van der Waals surface area contributed by atoms with E-state index < -0.39 is 10.0 Å². The minimum absolute atomic E-state index is 0.00611. The van der Waals surface area contributed by atoms with E-state index in [1.54, 1.807) is 4.90 Å². The van der Waals surface area contributed by atoms with Crippen molar-refractivity contribution in [2.75, 3.05) is 25.4 Å². The van der Waals surface area contributed by atoms with Crippen molar-refractivity contribution in [1.29, 1.82) is 0 Å². The minimum atomic E-state index is -3.18. The van der Waals surface area contributed by atoms with Crippen molar-refractivity contribution in [2.45, 2.75) is 47.0 Å². The maximum absolute atomic E-state index is 11.6. The average molecular weight is 292 g/mol. The highest BCUT2D eigenvalue weighted by atomic mass is 32.2. The van der Waals surface area contributed by atoms with Crippen LogP contribution >= 0.6 is 0 Å². The zero-order chi connectivity index (χ0) is 14.9. The third-order valence-corrected chi connectivity index (χ3v) is 4.36. The molecule has 0 spiro atoms. The fourth-order valence-electron chi connectivity index (χ4n) is 1.58. The van der Waals surface area contributed by atoms with Crippen LogP contribution in [-0.4, -0.2) is 44.6 Å². The number of carbonyl (C=O) groups is 1. The second-order valence-electron chi connectivity index (χ2n) is 5.26. The van der Waals surface area contributed by atoms with Crippen LogP contribution in [-0.2, 0) is 14.8 Å². The Hall–Kier alpha value is -0.620. The van der Waals surface area contributed by atoms with Gasteiger partial charge in [0.05, 0.1) is 5.75 Å². The zero-order valence-corrected chi connectivity index (χ0v) is 13.4. The van der Waals surface area contributed by atoms with Gasteiger partial charge in [0.25, 0.3) is 0 Å². The van der Waals surface area contributed by atoms with Crippen molar-refractivity contribution < 1.29 is 13.2 Å². The van der Waals surface area contributed by atoms with Gasteiger partial charge >= 0.3 is 0 Å². The predicted molar refractivity (Wildman–Crippen MR) is 78.4 cm³/mol. The number of hydrogen-bond donors (Lipinski definition) is 1. The number of sulfonamides is 1. The van der Waals surface area contributed by atoms with E-state index in [2.05, 4.69) is 18.6 Å². The summed E-state index contributed by atoms with van der Waals surface area (Å²) in [5.41, 5.74) is 0. The number of nitrogens with one attached hydrogen (secondary N) is 1. The van der Waals surface area contributed by atoms with Gasteiger partial charge in [0.15, 0.2) is 0 Å². The van der Waals surface area contributed by atoms with E-state index in [4.69, 9.17) is 0 Å². The number of carbonyl (C=O) groups excluding carboxylic acids is 1. The van der Waals surface area contributed by atoms with Gasteiger partial charge < -0.3 is 4.90 Å². The minimum Gasteiger partial charge on any atom is -0.342 e. The van der Waals surface area contributed by atoms with Crippen molar-refractivity contribution >= 4 is 15.9 Å². The van der Waals surface area contributed by atoms with Crippen LogP contribution in [0.15, 0.2) is 0 Å². The molecule has 0 rings (SSSR count). The molecule has 19 heavy (non-hydrogen) atoms. The molecule has 0 aromatic heterocycles. The molecule has 5 nitrogen and oxygen atoms in total. The average Bonchev–Trinajstić information content (AvgIpc) is 2.30. The standard InChI is InChI=1S/C13H28N2O3S/c1-5-6-11-19(17,18)14-8-10-15(13(4)16)9-7-12(2)3/h12,14H,5-11H2,1-4H3. The van der Waals surface area contributed by atoms with Crippen molar-refractivity contribution in [3.63, 3.8) is 0 Å².